The van der Waals surface area contributed by atoms with Crippen molar-refractivity contribution < 1.29 is 23.5 Å². The van der Waals surface area contributed by atoms with Gasteiger partial charge in [0, 0.05) is 0 Å². The standard InChI is InChI=1S/C16H16O5/c1-11(2)10-20-15(17)12-5-3-6-13(9-12)21-16(18)14-7-4-8-19-14/h3-9,11H,10H2,1-2H3. The van der Waals surface area contributed by atoms with Gasteiger partial charge in [-0.2, -0.15) is 0 Å². The van der Waals surface area contributed by atoms with Crippen LogP contribution in [0.4, 0.5) is 0 Å². The lowest BCUT2D eigenvalue weighted by Gasteiger charge is -2.08. The van der Waals surface area contributed by atoms with Gasteiger partial charge in [0.25, 0.3) is 0 Å². The van der Waals surface area contributed by atoms with Crippen LogP contribution in [0.2, 0.25) is 0 Å². The summed E-state index contributed by atoms with van der Waals surface area (Å²) in [6, 6.07) is 9.37. The van der Waals surface area contributed by atoms with Crippen molar-refractivity contribution in [1.29, 1.82) is 0 Å². The summed E-state index contributed by atoms with van der Waals surface area (Å²) in [5, 5.41) is 0. The second-order valence-corrected chi connectivity index (χ2v) is 4.89. The summed E-state index contributed by atoms with van der Waals surface area (Å²) in [5.74, 6) is -0.445. The van der Waals surface area contributed by atoms with Crippen LogP contribution < -0.4 is 4.74 Å². The van der Waals surface area contributed by atoms with Crippen molar-refractivity contribution in [3.63, 3.8) is 0 Å². The van der Waals surface area contributed by atoms with Gasteiger partial charge in [-0.05, 0) is 36.2 Å². The van der Waals surface area contributed by atoms with Gasteiger partial charge in [-0.3, -0.25) is 0 Å². The minimum absolute atomic E-state index is 0.0998. The predicted molar refractivity (Wildman–Crippen MR) is 75.2 cm³/mol. The normalized spacial score (nSPS) is 10.4. The molecule has 0 spiro atoms. The van der Waals surface area contributed by atoms with Crippen LogP contribution in [-0.2, 0) is 4.74 Å². The molecule has 21 heavy (non-hydrogen) atoms. The van der Waals surface area contributed by atoms with Crippen molar-refractivity contribution in [2.45, 2.75) is 13.8 Å². The maximum atomic E-state index is 11.8. The molecule has 0 unspecified atom stereocenters. The molecule has 1 heterocycles. The first-order valence-electron chi connectivity index (χ1n) is 6.59. The summed E-state index contributed by atoms with van der Waals surface area (Å²) in [6.07, 6.45) is 1.39. The lowest BCUT2D eigenvalue weighted by Crippen LogP contribution is -2.11. The Balaban J connectivity index is 2.04. The van der Waals surface area contributed by atoms with Crippen LogP contribution in [0, 0.1) is 5.92 Å². The molecule has 2 aromatic rings. The maximum Gasteiger partial charge on any atom is 0.379 e. The monoisotopic (exact) mass is 288 g/mol. The zero-order chi connectivity index (χ0) is 15.2. The van der Waals surface area contributed by atoms with Gasteiger partial charge in [0.15, 0.2) is 0 Å². The molecule has 5 heteroatoms. The third-order valence-electron chi connectivity index (χ3n) is 2.55. The third kappa shape index (κ3) is 4.21. The molecule has 0 fully saturated rings. The van der Waals surface area contributed by atoms with Crippen molar-refractivity contribution in [2.75, 3.05) is 6.61 Å². The molecule has 110 valence electrons. The van der Waals surface area contributed by atoms with Crippen LogP contribution in [0.3, 0.4) is 0 Å². The number of rotatable bonds is 5. The van der Waals surface area contributed by atoms with Gasteiger partial charge in [-0.1, -0.05) is 19.9 Å². The van der Waals surface area contributed by atoms with Crippen LogP contribution in [0.5, 0.6) is 5.75 Å². The summed E-state index contributed by atoms with van der Waals surface area (Å²) < 4.78 is 15.2. The predicted octanol–water partition coefficient (Wildman–Crippen LogP) is 3.31. The summed E-state index contributed by atoms with van der Waals surface area (Å²) in [5.41, 5.74) is 0.334. The molecule has 0 N–H and O–H groups in total. The van der Waals surface area contributed by atoms with E-state index < -0.39 is 11.9 Å². The second-order valence-electron chi connectivity index (χ2n) is 4.89. The highest BCUT2D eigenvalue weighted by Crippen LogP contribution is 2.16. The number of carbonyl (C=O) groups excluding carboxylic acids is 2. The average Bonchev–Trinajstić information content (AvgIpc) is 2.99. The molecule has 2 rings (SSSR count). The van der Waals surface area contributed by atoms with E-state index in [1.54, 1.807) is 24.3 Å². The van der Waals surface area contributed by atoms with Gasteiger partial charge < -0.3 is 13.9 Å². The number of hydrogen-bond donors (Lipinski definition) is 0. The number of furan rings is 1. The van der Waals surface area contributed by atoms with Crippen LogP contribution >= 0.6 is 0 Å². The Morgan fingerprint density at radius 1 is 1.14 bits per heavy atom. The van der Waals surface area contributed by atoms with Crippen LogP contribution in [-0.4, -0.2) is 18.5 Å². The van der Waals surface area contributed by atoms with Crippen LogP contribution in [0.25, 0.3) is 0 Å². The molecule has 0 aliphatic carbocycles. The maximum absolute atomic E-state index is 11.8. The van der Waals surface area contributed by atoms with E-state index in [2.05, 4.69) is 0 Å². The van der Waals surface area contributed by atoms with E-state index in [1.807, 2.05) is 13.8 Å². The summed E-state index contributed by atoms with van der Waals surface area (Å²) in [6.45, 7) is 4.25. The molecule has 0 aliphatic rings. The third-order valence-corrected chi connectivity index (χ3v) is 2.55. The van der Waals surface area contributed by atoms with Crippen molar-refractivity contribution in [1.82, 2.24) is 0 Å². The molecular weight excluding hydrogens is 272 g/mol. The van der Waals surface area contributed by atoms with E-state index in [9.17, 15) is 9.59 Å². The average molecular weight is 288 g/mol. The van der Waals surface area contributed by atoms with Crippen LogP contribution in [0.1, 0.15) is 34.8 Å². The lowest BCUT2D eigenvalue weighted by molar-refractivity contribution is 0.0457. The first kappa shape index (κ1) is 14.8. The highest BCUT2D eigenvalue weighted by molar-refractivity contribution is 5.91. The number of esters is 2. The highest BCUT2D eigenvalue weighted by atomic mass is 16.5. The van der Waals surface area contributed by atoms with Crippen LogP contribution in [0.15, 0.2) is 47.1 Å². The Hall–Kier alpha value is -2.56. The topological polar surface area (TPSA) is 65.7 Å². The van der Waals surface area contributed by atoms with E-state index in [4.69, 9.17) is 13.9 Å². The molecule has 5 nitrogen and oxygen atoms in total. The van der Waals surface area contributed by atoms with E-state index in [0.717, 1.165) is 0 Å². The smallest absolute Gasteiger partial charge is 0.379 e. The first-order chi connectivity index (χ1) is 10.1. The van der Waals surface area contributed by atoms with Crippen molar-refractivity contribution in [3.8, 4) is 5.75 Å². The molecule has 0 saturated carbocycles. The Labute approximate surface area is 122 Å². The molecule has 0 amide bonds. The Kier molecular flexibility index (Phi) is 4.77. The zero-order valence-corrected chi connectivity index (χ0v) is 11.9. The molecular formula is C16H16O5. The van der Waals surface area contributed by atoms with Gasteiger partial charge >= 0.3 is 11.9 Å². The second kappa shape index (κ2) is 6.74. The largest absolute Gasteiger partial charge is 0.462 e. The molecule has 1 aromatic carbocycles. The minimum atomic E-state index is -0.618. The van der Waals surface area contributed by atoms with E-state index >= 15 is 0 Å². The van der Waals surface area contributed by atoms with Gasteiger partial charge in [0.1, 0.15) is 5.75 Å². The number of benzene rings is 1. The van der Waals surface area contributed by atoms with Gasteiger partial charge in [0.2, 0.25) is 5.76 Å². The summed E-state index contributed by atoms with van der Waals surface area (Å²) in [4.78, 5) is 23.6. The fourth-order valence-electron chi connectivity index (χ4n) is 1.56. The van der Waals surface area contributed by atoms with E-state index in [0.29, 0.717) is 12.2 Å². The number of ether oxygens (including phenoxy) is 2. The Bertz CT molecular complexity index is 613. The quantitative estimate of drug-likeness (QED) is 0.623. The first-order valence-corrected chi connectivity index (χ1v) is 6.59. The molecule has 0 saturated heterocycles. The molecule has 0 radical (unpaired) electrons. The minimum Gasteiger partial charge on any atom is -0.462 e. The van der Waals surface area contributed by atoms with Gasteiger partial charge in [-0.25, -0.2) is 9.59 Å². The number of hydrogen-bond acceptors (Lipinski definition) is 5. The van der Waals surface area contributed by atoms with Crippen molar-refractivity contribution in [2.24, 2.45) is 5.92 Å². The highest BCUT2D eigenvalue weighted by Gasteiger charge is 2.14. The molecule has 0 aliphatic heterocycles. The fraction of sp³-hybridized carbons (Fsp3) is 0.250. The molecule has 1 aromatic heterocycles. The lowest BCUT2D eigenvalue weighted by atomic mass is 10.2. The van der Waals surface area contributed by atoms with Crippen molar-refractivity contribution in [3.05, 3.63) is 54.0 Å². The van der Waals surface area contributed by atoms with Gasteiger partial charge in [0.05, 0.1) is 18.4 Å². The van der Waals surface area contributed by atoms with Crippen molar-refractivity contribution >= 4 is 11.9 Å². The Morgan fingerprint density at radius 3 is 2.62 bits per heavy atom. The SMILES string of the molecule is CC(C)COC(=O)c1cccc(OC(=O)c2ccco2)c1. The Morgan fingerprint density at radius 2 is 1.95 bits per heavy atom. The van der Waals surface area contributed by atoms with E-state index in [1.165, 1.54) is 18.4 Å². The summed E-state index contributed by atoms with van der Waals surface area (Å²) in [7, 11) is 0. The van der Waals surface area contributed by atoms with Gasteiger partial charge in [-0.15, -0.1) is 0 Å². The number of carbonyl (C=O) groups is 2. The zero-order valence-electron chi connectivity index (χ0n) is 11.9. The molecule has 0 atom stereocenters. The fourth-order valence-corrected chi connectivity index (χ4v) is 1.56. The van der Waals surface area contributed by atoms with E-state index in [-0.39, 0.29) is 17.4 Å². The molecule has 0 bridgehead atoms. The summed E-state index contributed by atoms with van der Waals surface area (Å²) >= 11 is 0.